The van der Waals surface area contributed by atoms with Crippen molar-refractivity contribution in [2.24, 2.45) is 0 Å². The molecule has 1 saturated carbocycles. The monoisotopic (exact) mass is 452 g/mol. The van der Waals surface area contributed by atoms with Gasteiger partial charge in [-0.05, 0) is 61.7 Å². The Morgan fingerprint density at radius 3 is 2.44 bits per heavy atom. The number of hydrogen-bond acceptors (Lipinski definition) is 5. The molecule has 2 aromatic rings. The first kappa shape index (κ1) is 22.3. The van der Waals surface area contributed by atoms with E-state index in [-0.39, 0.29) is 16.8 Å². The van der Waals surface area contributed by atoms with Crippen LogP contribution in [0.1, 0.15) is 48.0 Å². The molecule has 1 N–H and O–H groups in total. The Kier molecular flexibility index (Phi) is 6.77. The lowest BCUT2D eigenvalue weighted by Crippen LogP contribution is -2.35. The molecule has 1 heterocycles. The van der Waals surface area contributed by atoms with E-state index in [1.54, 1.807) is 35.2 Å². The first-order valence-corrected chi connectivity index (χ1v) is 12.6. The molecule has 0 spiro atoms. The normalized spacial score (nSPS) is 17.7. The fourth-order valence-corrected chi connectivity index (χ4v) is 5.79. The molecule has 0 aromatic heterocycles. The third-order valence-corrected chi connectivity index (χ3v) is 7.73. The molecule has 1 saturated heterocycles. The van der Waals surface area contributed by atoms with E-state index in [0.29, 0.717) is 30.8 Å². The summed E-state index contributed by atoms with van der Waals surface area (Å²) in [6.07, 6.45) is 4.62. The van der Waals surface area contributed by atoms with E-state index in [9.17, 15) is 13.2 Å². The molecule has 168 valence electrons. The number of hydrogen-bond donors (Lipinski definition) is 1. The van der Waals surface area contributed by atoms with Crippen LogP contribution in [-0.4, -0.2) is 51.4 Å². The van der Waals surface area contributed by atoms with Gasteiger partial charge in [0, 0.05) is 43.5 Å². The maximum Gasteiger partial charge on any atom is 0.253 e. The summed E-state index contributed by atoms with van der Waals surface area (Å²) in [7, 11) is -3.64. The number of sulfonamides is 1. The standard InChI is InChI=1S/C24H28N4O3S/c25-18-19-9-11-22(12-10-19)27-13-4-14-28(16-15-27)24(29)20-5-3-8-23(17-20)32(30,31)26-21-6-1-2-7-21/h3,5,8-12,17,21,26H,1-2,4,6-7,13-16H2. The molecule has 0 unspecified atom stereocenters. The zero-order chi connectivity index (χ0) is 22.6. The third-order valence-electron chi connectivity index (χ3n) is 6.21. The van der Waals surface area contributed by atoms with Crippen LogP contribution in [0.25, 0.3) is 0 Å². The molecule has 0 atom stereocenters. The average molecular weight is 453 g/mol. The quantitative estimate of drug-likeness (QED) is 0.752. The van der Waals surface area contributed by atoms with Crippen molar-refractivity contribution in [2.45, 2.75) is 43.0 Å². The number of nitriles is 1. The lowest BCUT2D eigenvalue weighted by molar-refractivity contribution is 0.0767. The highest BCUT2D eigenvalue weighted by Crippen LogP contribution is 2.22. The summed E-state index contributed by atoms with van der Waals surface area (Å²) in [6.45, 7) is 2.66. The van der Waals surface area contributed by atoms with E-state index in [0.717, 1.165) is 44.3 Å². The van der Waals surface area contributed by atoms with E-state index >= 15 is 0 Å². The highest BCUT2D eigenvalue weighted by molar-refractivity contribution is 7.89. The Bertz CT molecular complexity index is 1100. The van der Waals surface area contributed by atoms with Gasteiger partial charge in [-0.25, -0.2) is 13.1 Å². The second-order valence-corrected chi connectivity index (χ2v) is 10.1. The smallest absolute Gasteiger partial charge is 0.253 e. The molecule has 4 rings (SSSR count). The number of carbonyl (C=O) groups excluding carboxylic acids is 1. The van der Waals surface area contributed by atoms with Gasteiger partial charge in [-0.15, -0.1) is 0 Å². The van der Waals surface area contributed by atoms with Crippen molar-refractivity contribution >= 4 is 21.6 Å². The van der Waals surface area contributed by atoms with Crippen molar-refractivity contribution in [1.29, 1.82) is 5.26 Å². The maximum atomic E-state index is 13.2. The second-order valence-electron chi connectivity index (χ2n) is 8.42. The van der Waals surface area contributed by atoms with E-state index in [2.05, 4.69) is 15.7 Å². The van der Waals surface area contributed by atoms with E-state index in [4.69, 9.17) is 5.26 Å². The molecule has 32 heavy (non-hydrogen) atoms. The Labute approximate surface area is 189 Å². The molecule has 2 aromatic carbocycles. The third kappa shape index (κ3) is 5.12. The lowest BCUT2D eigenvalue weighted by Gasteiger charge is -2.24. The van der Waals surface area contributed by atoms with Crippen molar-refractivity contribution in [3.63, 3.8) is 0 Å². The number of amides is 1. The van der Waals surface area contributed by atoms with Gasteiger partial charge in [-0.1, -0.05) is 18.9 Å². The molecule has 8 heteroatoms. The minimum Gasteiger partial charge on any atom is -0.370 e. The summed E-state index contributed by atoms with van der Waals surface area (Å²) in [5.41, 5.74) is 2.05. The van der Waals surface area contributed by atoms with Crippen LogP contribution in [0, 0.1) is 11.3 Å². The summed E-state index contributed by atoms with van der Waals surface area (Å²) in [5, 5.41) is 8.98. The summed E-state index contributed by atoms with van der Waals surface area (Å²) >= 11 is 0. The highest BCUT2D eigenvalue weighted by Gasteiger charge is 2.25. The van der Waals surface area contributed by atoms with Crippen LogP contribution in [-0.2, 0) is 10.0 Å². The SMILES string of the molecule is N#Cc1ccc(N2CCCN(C(=O)c3cccc(S(=O)(=O)NC4CCCC4)c3)CC2)cc1. The van der Waals surface area contributed by atoms with Gasteiger partial charge in [-0.2, -0.15) is 5.26 Å². The Morgan fingerprint density at radius 1 is 0.969 bits per heavy atom. The molecule has 2 fully saturated rings. The van der Waals surface area contributed by atoms with E-state index in [1.165, 1.54) is 6.07 Å². The Hall–Kier alpha value is -2.89. The van der Waals surface area contributed by atoms with Gasteiger partial charge in [0.25, 0.3) is 5.91 Å². The summed E-state index contributed by atoms with van der Waals surface area (Å²) in [4.78, 5) is 17.3. The van der Waals surface area contributed by atoms with Crippen LogP contribution in [0.4, 0.5) is 5.69 Å². The maximum absolute atomic E-state index is 13.2. The predicted molar refractivity (Wildman–Crippen MR) is 123 cm³/mol. The number of rotatable bonds is 5. The molecule has 1 aliphatic heterocycles. The van der Waals surface area contributed by atoms with Gasteiger partial charge in [0.15, 0.2) is 0 Å². The predicted octanol–water partition coefficient (Wildman–Crippen LogP) is 3.13. The van der Waals surface area contributed by atoms with Crippen LogP contribution in [0.15, 0.2) is 53.4 Å². The van der Waals surface area contributed by atoms with Crippen molar-refractivity contribution < 1.29 is 13.2 Å². The van der Waals surface area contributed by atoms with Crippen molar-refractivity contribution in [3.05, 3.63) is 59.7 Å². The Morgan fingerprint density at radius 2 is 1.72 bits per heavy atom. The van der Waals surface area contributed by atoms with Crippen LogP contribution in [0.2, 0.25) is 0 Å². The largest absolute Gasteiger partial charge is 0.370 e. The van der Waals surface area contributed by atoms with Gasteiger partial charge in [-0.3, -0.25) is 4.79 Å². The topological polar surface area (TPSA) is 93.5 Å². The van der Waals surface area contributed by atoms with Crippen molar-refractivity contribution in [3.8, 4) is 6.07 Å². The van der Waals surface area contributed by atoms with Gasteiger partial charge < -0.3 is 9.80 Å². The first-order chi connectivity index (χ1) is 15.5. The summed E-state index contributed by atoms with van der Waals surface area (Å²) in [5.74, 6) is -0.149. The molecule has 7 nitrogen and oxygen atoms in total. The highest BCUT2D eigenvalue weighted by atomic mass is 32.2. The average Bonchev–Trinajstić information content (AvgIpc) is 3.19. The molecular formula is C24H28N4O3S. The molecule has 0 bridgehead atoms. The minimum absolute atomic E-state index is 0.0156. The Balaban J connectivity index is 1.43. The lowest BCUT2D eigenvalue weighted by atomic mass is 10.2. The fraction of sp³-hybridized carbons (Fsp3) is 0.417. The van der Waals surface area contributed by atoms with Crippen LogP contribution in [0.3, 0.4) is 0 Å². The van der Waals surface area contributed by atoms with Gasteiger partial charge in [0.05, 0.1) is 16.5 Å². The summed E-state index contributed by atoms with van der Waals surface area (Å²) in [6, 6.07) is 15.9. The van der Waals surface area contributed by atoms with Crippen molar-refractivity contribution in [1.82, 2.24) is 9.62 Å². The van der Waals surface area contributed by atoms with Crippen molar-refractivity contribution in [2.75, 3.05) is 31.1 Å². The minimum atomic E-state index is -3.64. The number of nitrogens with zero attached hydrogens (tertiary/aromatic N) is 3. The number of benzene rings is 2. The molecule has 1 amide bonds. The van der Waals surface area contributed by atoms with Crippen LogP contribution in [0.5, 0.6) is 0 Å². The van der Waals surface area contributed by atoms with Gasteiger partial charge in [0.2, 0.25) is 10.0 Å². The molecule has 0 radical (unpaired) electrons. The molecule has 2 aliphatic rings. The van der Waals surface area contributed by atoms with Gasteiger partial charge >= 0.3 is 0 Å². The molecular weight excluding hydrogens is 424 g/mol. The van der Waals surface area contributed by atoms with Crippen LogP contribution >= 0.6 is 0 Å². The molecule has 1 aliphatic carbocycles. The number of anilines is 1. The number of nitrogens with one attached hydrogen (secondary N) is 1. The first-order valence-electron chi connectivity index (χ1n) is 11.1. The van der Waals surface area contributed by atoms with E-state index < -0.39 is 10.0 Å². The zero-order valence-corrected chi connectivity index (χ0v) is 18.9. The second kappa shape index (κ2) is 9.72. The van der Waals surface area contributed by atoms with Gasteiger partial charge in [0.1, 0.15) is 0 Å². The summed E-state index contributed by atoms with van der Waals surface area (Å²) < 4.78 is 28.3. The number of carbonyl (C=O) groups is 1. The fourth-order valence-electron chi connectivity index (χ4n) is 4.44. The van der Waals surface area contributed by atoms with E-state index in [1.807, 2.05) is 12.1 Å². The van der Waals surface area contributed by atoms with Crippen LogP contribution < -0.4 is 9.62 Å². The zero-order valence-electron chi connectivity index (χ0n) is 18.0.